The molecule has 2 N–H and O–H groups in total. The first kappa shape index (κ1) is 16.3. The highest BCUT2D eigenvalue weighted by Crippen LogP contribution is 2.29. The number of carbonyl (C=O) groups is 1. The molecule has 1 heterocycles. The molecule has 0 saturated carbocycles. The highest BCUT2D eigenvalue weighted by Gasteiger charge is 2.14. The minimum absolute atomic E-state index is 0.131. The number of aromatic nitrogens is 1. The van der Waals surface area contributed by atoms with E-state index in [1.54, 1.807) is 29.5 Å². The number of hydrogen-bond acceptors (Lipinski definition) is 5. The molecule has 5 nitrogen and oxygen atoms in total. The fourth-order valence-corrected chi connectivity index (χ4v) is 3.03. The second-order valence-electron chi connectivity index (χ2n) is 4.97. The number of phenolic OH excluding ortho intramolecular Hbond substituents is 1. The molecule has 0 unspecified atom stereocenters. The summed E-state index contributed by atoms with van der Waals surface area (Å²) >= 11 is 1.70. The smallest absolute Gasteiger partial charge is 0.255 e. The molecule has 0 radical (unpaired) electrons. The van der Waals surface area contributed by atoms with E-state index in [4.69, 9.17) is 4.74 Å². The number of aryl methyl sites for hydroxylation is 3. The van der Waals surface area contributed by atoms with E-state index in [0.717, 1.165) is 23.5 Å². The molecule has 1 aromatic heterocycles. The van der Waals surface area contributed by atoms with E-state index in [1.807, 2.05) is 6.92 Å². The summed E-state index contributed by atoms with van der Waals surface area (Å²) in [6.07, 6.45) is 1.65. The third-order valence-corrected chi connectivity index (χ3v) is 4.52. The lowest BCUT2D eigenvalue weighted by atomic mass is 10.1. The number of para-hydroxylation sites is 1. The quantitative estimate of drug-likeness (QED) is 0.803. The average Bonchev–Trinajstić information content (AvgIpc) is 2.82. The van der Waals surface area contributed by atoms with E-state index in [9.17, 15) is 9.90 Å². The Labute approximate surface area is 134 Å². The van der Waals surface area contributed by atoms with Gasteiger partial charge in [0.1, 0.15) is 0 Å². The number of nitrogens with zero attached hydrogens (tertiary/aromatic N) is 1. The van der Waals surface area contributed by atoms with Gasteiger partial charge in [-0.1, -0.05) is 6.07 Å². The highest BCUT2D eigenvalue weighted by atomic mass is 32.1. The molecule has 0 aliphatic heterocycles. The van der Waals surface area contributed by atoms with Crippen molar-refractivity contribution >= 4 is 17.2 Å². The average molecular weight is 320 g/mol. The molecule has 0 saturated heterocycles. The van der Waals surface area contributed by atoms with Crippen molar-refractivity contribution in [1.82, 2.24) is 10.3 Å². The number of benzene rings is 1. The summed E-state index contributed by atoms with van der Waals surface area (Å²) < 4.78 is 5.00. The van der Waals surface area contributed by atoms with Crippen LogP contribution in [0.4, 0.5) is 0 Å². The zero-order valence-electron chi connectivity index (χ0n) is 13.0. The lowest BCUT2D eigenvalue weighted by Gasteiger charge is -2.09. The van der Waals surface area contributed by atoms with Gasteiger partial charge in [0.25, 0.3) is 5.91 Å². The van der Waals surface area contributed by atoms with Crippen LogP contribution < -0.4 is 10.1 Å². The second-order valence-corrected chi connectivity index (χ2v) is 6.25. The maximum Gasteiger partial charge on any atom is 0.255 e. The van der Waals surface area contributed by atoms with Gasteiger partial charge in [0.05, 0.1) is 23.4 Å². The fourth-order valence-electron chi connectivity index (χ4n) is 2.05. The minimum atomic E-state index is -0.303. The van der Waals surface area contributed by atoms with Crippen molar-refractivity contribution in [3.63, 3.8) is 0 Å². The maximum absolute atomic E-state index is 12.1. The second kappa shape index (κ2) is 7.26. The summed E-state index contributed by atoms with van der Waals surface area (Å²) in [6, 6.07) is 4.86. The molecule has 0 bridgehead atoms. The highest BCUT2D eigenvalue weighted by molar-refractivity contribution is 7.11. The van der Waals surface area contributed by atoms with E-state index in [1.165, 1.54) is 12.0 Å². The number of ether oxygens (including phenoxy) is 1. The molecule has 2 rings (SSSR count). The maximum atomic E-state index is 12.1. The van der Waals surface area contributed by atoms with Crippen LogP contribution in [0, 0.1) is 13.8 Å². The van der Waals surface area contributed by atoms with Crippen LogP contribution in [0.5, 0.6) is 11.5 Å². The summed E-state index contributed by atoms with van der Waals surface area (Å²) in [4.78, 5) is 17.8. The number of carbonyl (C=O) groups excluding carboxylic acids is 1. The number of thiazole rings is 1. The number of rotatable bonds is 6. The van der Waals surface area contributed by atoms with Crippen molar-refractivity contribution in [2.45, 2.75) is 26.7 Å². The lowest BCUT2D eigenvalue weighted by Crippen LogP contribution is -2.24. The van der Waals surface area contributed by atoms with Crippen LogP contribution in [0.3, 0.4) is 0 Å². The van der Waals surface area contributed by atoms with Crippen LogP contribution in [0.25, 0.3) is 0 Å². The first-order valence-electron chi connectivity index (χ1n) is 7.10. The molecule has 0 aliphatic rings. The van der Waals surface area contributed by atoms with E-state index >= 15 is 0 Å². The van der Waals surface area contributed by atoms with Crippen LogP contribution in [0.1, 0.15) is 32.4 Å². The van der Waals surface area contributed by atoms with Gasteiger partial charge in [-0.2, -0.15) is 0 Å². The van der Waals surface area contributed by atoms with E-state index < -0.39 is 0 Å². The standard InChI is InChI=1S/C16H20N2O3S/c1-10-11(2)22-14(18-10)8-5-9-17-16(20)12-6-4-7-13(21-3)15(12)19/h4,6-7,19H,5,8-9H2,1-3H3,(H,17,20). The fraction of sp³-hybridized carbons (Fsp3) is 0.375. The zero-order chi connectivity index (χ0) is 16.1. The van der Waals surface area contributed by atoms with Gasteiger partial charge in [-0.25, -0.2) is 4.98 Å². The summed E-state index contributed by atoms with van der Waals surface area (Å²) in [5.74, 6) is -0.141. The van der Waals surface area contributed by atoms with E-state index in [-0.39, 0.29) is 17.2 Å². The Balaban J connectivity index is 1.85. The Hall–Kier alpha value is -2.08. The van der Waals surface area contributed by atoms with Gasteiger partial charge in [0, 0.05) is 17.8 Å². The third kappa shape index (κ3) is 3.76. The molecule has 1 aromatic carbocycles. The largest absolute Gasteiger partial charge is 0.504 e. The normalized spacial score (nSPS) is 10.5. The first-order valence-corrected chi connectivity index (χ1v) is 7.91. The van der Waals surface area contributed by atoms with Gasteiger partial charge in [-0.05, 0) is 32.4 Å². The summed E-state index contributed by atoms with van der Waals surface area (Å²) in [5.41, 5.74) is 1.30. The molecule has 0 fully saturated rings. The molecule has 1 amide bonds. The van der Waals surface area contributed by atoms with Gasteiger partial charge in [-0.3, -0.25) is 4.79 Å². The Morgan fingerprint density at radius 2 is 2.18 bits per heavy atom. The van der Waals surface area contributed by atoms with Crippen LogP contribution in [0.2, 0.25) is 0 Å². The van der Waals surface area contributed by atoms with Crippen molar-refractivity contribution in [3.8, 4) is 11.5 Å². The van der Waals surface area contributed by atoms with Gasteiger partial charge in [0.2, 0.25) is 0 Å². The van der Waals surface area contributed by atoms with Crippen LogP contribution in [0.15, 0.2) is 18.2 Å². The Morgan fingerprint density at radius 1 is 1.41 bits per heavy atom. The molecule has 2 aromatic rings. The predicted molar refractivity (Wildman–Crippen MR) is 86.9 cm³/mol. The molecular formula is C16H20N2O3S. The van der Waals surface area contributed by atoms with Gasteiger partial charge >= 0.3 is 0 Å². The van der Waals surface area contributed by atoms with Crippen LogP contribution in [-0.4, -0.2) is 29.7 Å². The van der Waals surface area contributed by atoms with Crippen LogP contribution >= 0.6 is 11.3 Å². The summed E-state index contributed by atoms with van der Waals surface area (Å²) in [7, 11) is 1.45. The van der Waals surface area contributed by atoms with E-state index in [2.05, 4.69) is 17.2 Å². The SMILES string of the molecule is COc1cccc(C(=O)NCCCc2nc(C)c(C)s2)c1O. The number of aromatic hydroxyl groups is 1. The molecule has 6 heteroatoms. The number of phenols is 1. The van der Waals surface area contributed by atoms with Crippen molar-refractivity contribution in [3.05, 3.63) is 39.3 Å². The Kier molecular flexibility index (Phi) is 5.38. The predicted octanol–water partition coefficient (Wildman–Crippen LogP) is 2.84. The van der Waals surface area contributed by atoms with Crippen molar-refractivity contribution in [1.29, 1.82) is 0 Å². The minimum Gasteiger partial charge on any atom is -0.504 e. The lowest BCUT2D eigenvalue weighted by molar-refractivity contribution is 0.0950. The number of hydrogen-bond donors (Lipinski definition) is 2. The number of amides is 1. The van der Waals surface area contributed by atoms with Crippen molar-refractivity contribution in [2.24, 2.45) is 0 Å². The molecule has 0 atom stereocenters. The topological polar surface area (TPSA) is 71.5 Å². The molecule has 118 valence electrons. The molecule has 22 heavy (non-hydrogen) atoms. The van der Waals surface area contributed by atoms with E-state index in [0.29, 0.717) is 12.3 Å². The Morgan fingerprint density at radius 3 is 2.82 bits per heavy atom. The van der Waals surface area contributed by atoms with Gasteiger partial charge in [0.15, 0.2) is 11.5 Å². The van der Waals surface area contributed by atoms with Crippen molar-refractivity contribution in [2.75, 3.05) is 13.7 Å². The molecular weight excluding hydrogens is 300 g/mol. The monoisotopic (exact) mass is 320 g/mol. The molecule has 0 spiro atoms. The summed E-state index contributed by atoms with van der Waals surface area (Å²) in [5, 5.41) is 13.8. The zero-order valence-corrected chi connectivity index (χ0v) is 13.8. The third-order valence-electron chi connectivity index (χ3n) is 3.39. The molecule has 0 aliphatic carbocycles. The van der Waals surface area contributed by atoms with Crippen molar-refractivity contribution < 1.29 is 14.6 Å². The van der Waals surface area contributed by atoms with Gasteiger partial charge in [-0.15, -0.1) is 11.3 Å². The van der Waals surface area contributed by atoms with Gasteiger partial charge < -0.3 is 15.2 Å². The summed E-state index contributed by atoms with van der Waals surface area (Å²) in [6.45, 7) is 4.60. The number of nitrogens with one attached hydrogen (secondary N) is 1. The van der Waals surface area contributed by atoms with Crippen LogP contribution in [-0.2, 0) is 6.42 Å². The Bertz CT molecular complexity index is 648. The number of methoxy groups -OCH3 is 1. The first-order chi connectivity index (χ1) is 10.5.